The number of hydrogen-bond donors (Lipinski definition) is 2. The molecule has 0 saturated carbocycles. The van der Waals surface area contributed by atoms with Gasteiger partial charge in [0, 0.05) is 19.3 Å². The number of anilines is 1. The molecule has 0 aromatic carbocycles. The molecule has 22 heavy (non-hydrogen) atoms. The highest BCUT2D eigenvalue weighted by molar-refractivity contribution is 6.29. The number of nitrogens with one attached hydrogen (secondary N) is 1. The lowest BCUT2D eigenvalue weighted by atomic mass is 10.2. The van der Waals surface area contributed by atoms with E-state index in [1.54, 1.807) is 0 Å². The molecule has 1 aromatic rings. The molecule has 0 radical (unpaired) electrons. The summed E-state index contributed by atoms with van der Waals surface area (Å²) < 4.78 is 44.0. The van der Waals surface area contributed by atoms with Crippen LogP contribution < -0.4 is 5.32 Å². The van der Waals surface area contributed by atoms with Crippen molar-refractivity contribution in [3.8, 4) is 0 Å². The molecule has 1 aliphatic rings. The maximum absolute atomic E-state index is 12.9. The van der Waals surface area contributed by atoms with Crippen LogP contribution in [0.15, 0.2) is 12.3 Å². The number of aromatic nitrogens is 1. The molecule has 0 spiro atoms. The molecular weight excluding hydrogens is 327 g/mol. The number of carboxylic acid groups (broad SMARTS) is 1. The van der Waals surface area contributed by atoms with Crippen molar-refractivity contribution in [3.05, 3.63) is 23.0 Å². The van der Waals surface area contributed by atoms with Crippen LogP contribution in [0.25, 0.3) is 0 Å². The van der Waals surface area contributed by atoms with Gasteiger partial charge in [-0.15, -0.1) is 0 Å². The fraction of sp³-hybridized carbons (Fsp3) is 0.500. The number of pyridine rings is 1. The van der Waals surface area contributed by atoms with Gasteiger partial charge in [-0.2, -0.15) is 13.2 Å². The molecule has 1 aromatic heterocycles. The summed E-state index contributed by atoms with van der Waals surface area (Å²) in [5.41, 5.74) is -1.16. The van der Waals surface area contributed by atoms with Crippen LogP contribution in [0.5, 0.6) is 0 Å². The van der Waals surface area contributed by atoms with Crippen molar-refractivity contribution >= 4 is 23.4 Å². The van der Waals surface area contributed by atoms with E-state index >= 15 is 0 Å². The summed E-state index contributed by atoms with van der Waals surface area (Å²) in [6, 6.07) is 1.07. The summed E-state index contributed by atoms with van der Waals surface area (Å²) in [5.74, 6) is 0. The van der Waals surface area contributed by atoms with Crippen LogP contribution in [-0.2, 0) is 10.9 Å². The van der Waals surface area contributed by atoms with Crippen LogP contribution in [0.1, 0.15) is 5.56 Å². The first-order valence-corrected chi connectivity index (χ1v) is 6.71. The number of hydrogen-bond acceptors (Lipinski definition) is 4. The molecule has 2 heterocycles. The van der Waals surface area contributed by atoms with Gasteiger partial charge in [0.25, 0.3) is 0 Å². The minimum absolute atomic E-state index is 0.0210. The molecule has 0 bridgehead atoms. The van der Waals surface area contributed by atoms with Crippen molar-refractivity contribution in [1.82, 2.24) is 9.88 Å². The van der Waals surface area contributed by atoms with E-state index in [1.807, 2.05) is 0 Å². The second-order valence-corrected chi connectivity index (χ2v) is 5.04. The fourth-order valence-corrected chi connectivity index (χ4v) is 2.20. The Morgan fingerprint density at radius 1 is 1.59 bits per heavy atom. The average molecular weight is 340 g/mol. The van der Waals surface area contributed by atoms with E-state index in [9.17, 15) is 18.0 Å². The summed E-state index contributed by atoms with van der Waals surface area (Å²) >= 11 is 5.62. The molecule has 2 rings (SSSR count). The molecule has 1 saturated heterocycles. The number of morpholine rings is 1. The van der Waals surface area contributed by atoms with Crippen LogP contribution in [0, 0.1) is 0 Å². The van der Waals surface area contributed by atoms with Crippen molar-refractivity contribution in [2.45, 2.75) is 12.3 Å². The number of halogens is 4. The lowest BCUT2D eigenvalue weighted by Crippen LogP contribution is -2.47. The molecule has 2 N–H and O–H groups in total. The van der Waals surface area contributed by atoms with Gasteiger partial charge in [-0.05, 0) is 6.07 Å². The molecule has 122 valence electrons. The first-order valence-electron chi connectivity index (χ1n) is 6.33. The summed E-state index contributed by atoms with van der Waals surface area (Å²) in [4.78, 5) is 15.5. The standard InChI is InChI=1S/C12H13ClF3N3O3/c13-10-3-9(8(5-18-10)12(14,15)16)17-4-7-6-19(11(20)21)1-2-22-7/h3,5,7H,1-2,4,6H2,(H,17,18)(H,20,21). The topological polar surface area (TPSA) is 74.7 Å². The van der Waals surface area contributed by atoms with Gasteiger partial charge in [-0.25, -0.2) is 9.78 Å². The SMILES string of the molecule is O=C(O)N1CCOC(CNc2cc(Cl)ncc2C(F)(F)F)C1. The maximum atomic E-state index is 12.9. The van der Waals surface area contributed by atoms with Gasteiger partial charge >= 0.3 is 12.3 Å². The second-order valence-electron chi connectivity index (χ2n) is 4.65. The van der Waals surface area contributed by atoms with E-state index in [-0.39, 0.29) is 37.1 Å². The highest BCUT2D eigenvalue weighted by atomic mass is 35.5. The molecule has 6 nitrogen and oxygen atoms in total. The number of amides is 1. The van der Waals surface area contributed by atoms with Crippen LogP contribution >= 0.6 is 11.6 Å². The lowest BCUT2D eigenvalue weighted by Gasteiger charge is -2.31. The molecule has 1 aliphatic heterocycles. The van der Waals surface area contributed by atoms with Crippen molar-refractivity contribution < 1.29 is 27.8 Å². The van der Waals surface area contributed by atoms with Gasteiger partial charge in [0.2, 0.25) is 0 Å². The van der Waals surface area contributed by atoms with Gasteiger partial charge in [-0.3, -0.25) is 0 Å². The quantitative estimate of drug-likeness (QED) is 0.828. The highest BCUT2D eigenvalue weighted by Crippen LogP contribution is 2.35. The predicted molar refractivity (Wildman–Crippen MR) is 72.1 cm³/mol. The molecule has 10 heteroatoms. The number of nitrogens with zero attached hydrogens (tertiary/aromatic N) is 2. The van der Waals surface area contributed by atoms with E-state index in [2.05, 4.69) is 10.3 Å². The van der Waals surface area contributed by atoms with E-state index in [1.165, 1.54) is 0 Å². The largest absolute Gasteiger partial charge is 0.465 e. The van der Waals surface area contributed by atoms with E-state index in [0.29, 0.717) is 6.20 Å². The smallest absolute Gasteiger partial charge is 0.419 e. The monoisotopic (exact) mass is 339 g/mol. The Morgan fingerprint density at radius 2 is 2.32 bits per heavy atom. The zero-order chi connectivity index (χ0) is 16.3. The van der Waals surface area contributed by atoms with Crippen LogP contribution in [0.3, 0.4) is 0 Å². The van der Waals surface area contributed by atoms with Gasteiger partial charge < -0.3 is 20.1 Å². The molecule has 1 fully saturated rings. The average Bonchev–Trinajstić information content (AvgIpc) is 2.44. The van der Waals surface area contributed by atoms with E-state index < -0.39 is 23.9 Å². The Hall–Kier alpha value is -1.74. The number of ether oxygens (including phenoxy) is 1. The fourth-order valence-electron chi connectivity index (χ4n) is 2.04. The Labute approximate surface area is 128 Å². The molecule has 1 atom stereocenters. The summed E-state index contributed by atoms with van der Waals surface area (Å²) in [6.45, 7) is 0.540. The Morgan fingerprint density at radius 3 is 2.95 bits per heavy atom. The third-order valence-corrected chi connectivity index (χ3v) is 3.31. The lowest BCUT2D eigenvalue weighted by molar-refractivity contribution is -0.137. The Kier molecular flexibility index (Phi) is 4.97. The minimum atomic E-state index is -4.57. The van der Waals surface area contributed by atoms with Crippen molar-refractivity contribution in [2.75, 3.05) is 31.6 Å². The van der Waals surface area contributed by atoms with Crippen molar-refractivity contribution in [2.24, 2.45) is 0 Å². The van der Waals surface area contributed by atoms with Crippen LogP contribution in [-0.4, -0.2) is 53.4 Å². The van der Waals surface area contributed by atoms with E-state index in [4.69, 9.17) is 21.4 Å². The van der Waals surface area contributed by atoms with Gasteiger partial charge in [0.05, 0.1) is 30.5 Å². The highest BCUT2D eigenvalue weighted by Gasteiger charge is 2.34. The third-order valence-electron chi connectivity index (χ3n) is 3.11. The normalized spacial score (nSPS) is 19.1. The zero-order valence-corrected chi connectivity index (χ0v) is 12.0. The number of rotatable bonds is 3. The van der Waals surface area contributed by atoms with Crippen molar-refractivity contribution in [3.63, 3.8) is 0 Å². The Bertz CT molecular complexity index is 556. The molecule has 0 aliphatic carbocycles. The van der Waals surface area contributed by atoms with Gasteiger partial charge in [0.1, 0.15) is 5.15 Å². The van der Waals surface area contributed by atoms with Crippen LogP contribution in [0.2, 0.25) is 5.15 Å². The maximum Gasteiger partial charge on any atom is 0.419 e. The summed E-state index contributed by atoms with van der Waals surface area (Å²) in [7, 11) is 0. The predicted octanol–water partition coefficient (Wildman–Crippen LogP) is 2.54. The first-order chi connectivity index (χ1) is 10.3. The Balaban J connectivity index is 2.05. The molecule has 1 amide bonds. The van der Waals surface area contributed by atoms with Gasteiger partial charge in [0.15, 0.2) is 0 Å². The van der Waals surface area contributed by atoms with Gasteiger partial charge in [-0.1, -0.05) is 11.6 Å². The minimum Gasteiger partial charge on any atom is -0.465 e. The summed E-state index contributed by atoms with van der Waals surface area (Å²) in [5, 5.41) is 11.4. The summed E-state index contributed by atoms with van der Waals surface area (Å²) in [6.07, 6.45) is -5.55. The third kappa shape index (κ3) is 4.14. The van der Waals surface area contributed by atoms with Crippen LogP contribution in [0.4, 0.5) is 23.7 Å². The molecule has 1 unspecified atom stereocenters. The number of alkyl halides is 3. The zero-order valence-electron chi connectivity index (χ0n) is 11.2. The van der Waals surface area contributed by atoms with E-state index in [0.717, 1.165) is 11.0 Å². The first kappa shape index (κ1) is 16.6. The number of carbonyl (C=O) groups is 1. The molecular formula is C12H13ClF3N3O3. The van der Waals surface area contributed by atoms with Crippen molar-refractivity contribution in [1.29, 1.82) is 0 Å². The second kappa shape index (κ2) is 6.57.